The molecule has 7 nitrogen and oxygen atoms in total. The summed E-state index contributed by atoms with van der Waals surface area (Å²) in [4.78, 5) is 31.0. The zero-order valence-corrected chi connectivity index (χ0v) is 14.2. The molecule has 1 fully saturated rings. The van der Waals surface area contributed by atoms with E-state index >= 15 is 0 Å². The largest absolute Gasteiger partial charge is 0.341 e. The second-order valence-corrected chi connectivity index (χ2v) is 6.21. The zero-order chi connectivity index (χ0) is 17.9. The van der Waals surface area contributed by atoms with Crippen LogP contribution in [0.4, 0.5) is 0 Å². The van der Waals surface area contributed by atoms with Gasteiger partial charge in [-0.05, 0) is 18.9 Å². The fraction of sp³-hybridized carbons (Fsp3) is 0.263. The summed E-state index contributed by atoms with van der Waals surface area (Å²) in [5, 5.41) is 3.99. The van der Waals surface area contributed by atoms with Gasteiger partial charge in [0.25, 0.3) is 11.4 Å². The van der Waals surface area contributed by atoms with E-state index in [2.05, 4.69) is 10.1 Å². The quantitative estimate of drug-likeness (QED) is 0.720. The molecular weight excluding hydrogens is 332 g/mol. The maximum absolute atomic E-state index is 12.5. The average Bonchev–Trinajstić information content (AvgIpc) is 3.36. The Morgan fingerprint density at radius 1 is 1.04 bits per heavy atom. The molecule has 0 unspecified atom stereocenters. The first-order valence-corrected chi connectivity index (χ1v) is 8.59. The molecular formula is C19H18N4O3. The summed E-state index contributed by atoms with van der Waals surface area (Å²) in [6.45, 7) is 1.46. The fourth-order valence-electron chi connectivity index (χ4n) is 3.10. The van der Waals surface area contributed by atoms with Crippen LogP contribution in [-0.4, -0.2) is 38.6 Å². The van der Waals surface area contributed by atoms with E-state index in [0.29, 0.717) is 11.5 Å². The SMILES string of the molecule is O=C(Cn1c(-c2nc(-c3ccccc3)no2)cccc1=O)N1CCCC1. The second-order valence-electron chi connectivity index (χ2n) is 6.21. The Labute approximate surface area is 149 Å². The third kappa shape index (κ3) is 3.15. The third-order valence-corrected chi connectivity index (χ3v) is 4.48. The molecule has 0 N–H and O–H groups in total. The summed E-state index contributed by atoms with van der Waals surface area (Å²) in [6, 6.07) is 14.2. The van der Waals surface area contributed by atoms with E-state index in [-0.39, 0.29) is 23.9 Å². The number of carbonyl (C=O) groups is 1. The van der Waals surface area contributed by atoms with Crippen LogP contribution in [0.1, 0.15) is 12.8 Å². The molecule has 7 heteroatoms. The first-order chi connectivity index (χ1) is 12.7. The van der Waals surface area contributed by atoms with Crippen molar-refractivity contribution in [2.45, 2.75) is 19.4 Å². The van der Waals surface area contributed by atoms with Crippen LogP contribution in [0.5, 0.6) is 0 Å². The van der Waals surface area contributed by atoms with Crippen molar-refractivity contribution in [3.05, 3.63) is 58.9 Å². The highest BCUT2D eigenvalue weighted by Gasteiger charge is 2.21. The predicted octanol–water partition coefficient (Wildman–Crippen LogP) is 2.19. The summed E-state index contributed by atoms with van der Waals surface area (Å²) in [6.07, 6.45) is 2.01. The Morgan fingerprint density at radius 3 is 2.58 bits per heavy atom. The van der Waals surface area contributed by atoms with Crippen LogP contribution < -0.4 is 5.56 Å². The van der Waals surface area contributed by atoms with E-state index in [4.69, 9.17) is 4.52 Å². The number of aromatic nitrogens is 3. The molecule has 4 rings (SSSR count). The highest BCUT2D eigenvalue weighted by molar-refractivity contribution is 5.77. The van der Waals surface area contributed by atoms with Gasteiger partial charge in [0.1, 0.15) is 12.2 Å². The van der Waals surface area contributed by atoms with Crippen molar-refractivity contribution in [1.82, 2.24) is 19.6 Å². The number of carbonyl (C=O) groups excluding carboxylic acids is 1. The van der Waals surface area contributed by atoms with Crippen molar-refractivity contribution < 1.29 is 9.32 Å². The van der Waals surface area contributed by atoms with Crippen molar-refractivity contribution in [1.29, 1.82) is 0 Å². The maximum atomic E-state index is 12.5. The normalized spacial score (nSPS) is 13.9. The van der Waals surface area contributed by atoms with Gasteiger partial charge in [0, 0.05) is 24.7 Å². The first-order valence-electron chi connectivity index (χ1n) is 8.59. The molecule has 1 aromatic carbocycles. The molecule has 0 saturated carbocycles. The summed E-state index contributed by atoms with van der Waals surface area (Å²) < 4.78 is 6.75. The van der Waals surface area contributed by atoms with Gasteiger partial charge in [-0.15, -0.1) is 0 Å². The highest BCUT2D eigenvalue weighted by atomic mass is 16.5. The Kier molecular flexibility index (Phi) is 4.35. The predicted molar refractivity (Wildman–Crippen MR) is 95.2 cm³/mol. The van der Waals surface area contributed by atoms with Gasteiger partial charge in [0.05, 0.1) is 0 Å². The van der Waals surface area contributed by atoms with Crippen molar-refractivity contribution in [3.8, 4) is 23.0 Å². The third-order valence-electron chi connectivity index (χ3n) is 4.48. The van der Waals surface area contributed by atoms with E-state index in [0.717, 1.165) is 31.5 Å². The zero-order valence-electron chi connectivity index (χ0n) is 14.2. The average molecular weight is 350 g/mol. The lowest BCUT2D eigenvalue weighted by Crippen LogP contribution is -2.34. The second kappa shape index (κ2) is 6.95. The van der Waals surface area contributed by atoms with Crippen molar-refractivity contribution >= 4 is 5.91 Å². The molecule has 1 amide bonds. The van der Waals surface area contributed by atoms with Crippen LogP contribution in [0.15, 0.2) is 57.8 Å². The maximum Gasteiger partial charge on any atom is 0.274 e. The molecule has 0 atom stereocenters. The number of likely N-dealkylation sites (tertiary alicyclic amines) is 1. The van der Waals surface area contributed by atoms with Crippen molar-refractivity contribution in [3.63, 3.8) is 0 Å². The summed E-state index contributed by atoms with van der Waals surface area (Å²) in [7, 11) is 0. The number of pyridine rings is 1. The molecule has 0 aliphatic carbocycles. The van der Waals surface area contributed by atoms with Gasteiger partial charge in [-0.25, -0.2) is 0 Å². The standard InChI is InChI=1S/C19H18N4O3/c24-16-10-6-9-15(23(16)13-17(25)22-11-4-5-12-22)19-20-18(21-26-19)14-7-2-1-3-8-14/h1-3,6-10H,4-5,11-13H2. The van der Waals surface area contributed by atoms with Crippen molar-refractivity contribution in [2.24, 2.45) is 0 Å². The van der Waals surface area contributed by atoms with Crippen LogP contribution in [0.3, 0.4) is 0 Å². The van der Waals surface area contributed by atoms with Gasteiger partial charge in [-0.2, -0.15) is 4.98 Å². The first kappa shape index (κ1) is 16.3. The van der Waals surface area contributed by atoms with Gasteiger partial charge in [-0.3, -0.25) is 14.2 Å². The minimum Gasteiger partial charge on any atom is -0.341 e. The Balaban J connectivity index is 1.67. The minimum absolute atomic E-state index is 0.0297. The van der Waals surface area contributed by atoms with Gasteiger partial charge < -0.3 is 9.42 Å². The van der Waals surface area contributed by atoms with Gasteiger partial charge in [0.2, 0.25) is 11.7 Å². The summed E-state index contributed by atoms with van der Waals surface area (Å²) in [5.41, 5.74) is 0.995. The van der Waals surface area contributed by atoms with Gasteiger partial charge >= 0.3 is 0 Å². The molecule has 0 bridgehead atoms. The Bertz CT molecular complexity index is 972. The molecule has 0 spiro atoms. The van der Waals surface area contributed by atoms with E-state index in [1.807, 2.05) is 30.3 Å². The molecule has 132 valence electrons. The van der Waals surface area contributed by atoms with E-state index in [1.165, 1.54) is 10.6 Å². The molecule has 1 saturated heterocycles. The lowest BCUT2D eigenvalue weighted by molar-refractivity contribution is -0.130. The lowest BCUT2D eigenvalue weighted by Gasteiger charge is -2.17. The van der Waals surface area contributed by atoms with Crippen LogP contribution in [0.2, 0.25) is 0 Å². The number of rotatable bonds is 4. The summed E-state index contributed by atoms with van der Waals surface area (Å²) in [5.74, 6) is 0.588. The highest BCUT2D eigenvalue weighted by Crippen LogP contribution is 2.21. The molecule has 1 aliphatic heterocycles. The molecule has 26 heavy (non-hydrogen) atoms. The molecule has 2 aromatic heterocycles. The van der Waals surface area contributed by atoms with Crippen LogP contribution in [0.25, 0.3) is 23.0 Å². The number of benzene rings is 1. The van der Waals surface area contributed by atoms with Crippen LogP contribution >= 0.6 is 0 Å². The van der Waals surface area contributed by atoms with Crippen molar-refractivity contribution in [2.75, 3.05) is 13.1 Å². The Morgan fingerprint density at radius 2 is 1.81 bits per heavy atom. The number of amides is 1. The molecule has 0 radical (unpaired) electrons. The smallest absolute Gasteiger partial charge is 0.274 e. The van der Waals surface area contributed by atoms with E-state index in [1.54, 1.807) is 17.0 Å². The Hall–Kier alpha value is -3.22. The summed E-state index contributed by atoms with van der Waals surface area (Å²) >= 11 is 0. The lowest BCUT2D eigenvalue weighted by atomic mass is 10.2. The topological polar surface area (TPSA) is 81.2 Å². The van der Waals surface area contributed by atoms with Crippen LogP contribution in [-0.2, 0) is 11.3 Å². The molecule has 3 aromatic rings. The molecule has 1 aliphatic rings. The fourth-order valence-corrected chi connectivity index (χ4v) is 3.10. The van der Waals surface area contributed by atoms with Gasteiger partial charge in [-0.1, -0.05) is 41.6 Å². The van der Waals surface area contributed by atoms with E-state index in [9.17, 15) is 9.59 Å². The number of nitrogens with zero attached hydrogens (tertiary/aromatic N) is 4. The monoisotopic (exact) mass is 350 g/mol. The number of hydrogen-bond acceptors (Lipinski definition) is 5. The molecule has 3 heterocycles. The van der Waals surface area contributed by atoms with E-state index < -0.39 is 0 Å². The number of hydrogen-bond donors (Lipinski definition) is 0. The van der Waals surface area contributed by atoms with Crippen LogP contribution in [0, 0.1) is 0 Å². The van der Waals surface area contributed by atoms with Gasteiger partial charge in [0.15, 0.2) is 0 Å². The minimum atomic E-state index is -0.269.